The Morgan fingerprint density at radius 3 is 2.27 bits per heavy atom. The van der Waals surface area contributed by atoms with Crippen LogP contribution in [0.15, 0.2) is 30.3 Å². The van der Waals surface area contributed by atoms with Gasteiger partial charge in [-0.15, -0.1) is 0 Å². The molecule has 26 heavy (non-hydrogen) atoms. The second-order valence-electron chi connectivity index (χ2n) is 6.83. The van der Waals surface area contributed by atoms with Gasteiger partial charge in [-0.3, -0.25) is 0 Å². The number of phenolic OH excluding ortho intramolecular Hbond substituents is 1. The van der Waals surface area contributed by atoms with Crippen molar-refractivity contribution in [3.05, 3.63) is 52.0 Å². The lowest BCUT2D eigenvalue weighted by Gasteiger charge is -2.19. The van der Waals surface area contributed by atoms with Gasteiger partial charge in [0.05, 0.1) is 19.2 Å². The third kappa shape index (κ3) is 4.22. The SMILES string of the molecule is COC(=O)c1cc(COc2ccc(C(C)(C)C)cc2)c(Cl)c(OC)c1O. The summed E-state index contributed by atoms with van der Waals surface area (Å²) in [6.45, 7) is 6.52. The van der Waals surface area contributed by atoms with Gasteiger partial charge in [0.1, 0.15) is 17.9 Å². The van der Waals surface area contributed by atoms with Gasteiger partial charge in [-0.25, -0.2) is 4.79 Å². The van der Waals surface area contributed by atoms with E-state index in [2.05, 4.69) is 25.5 Å². The average Bonchev–Trinajstić information content (AvgIpc) is 2.60. The molecular weight excluding hydrogens is 356 g/mol. The monoisotopic (exact) mass is 378 g/mol. The molecule has 0 atom stereocenters. The maximum Gasteiger partial charge on any atom is 0.341 e. The predicted octanol–water partition coefficient (Wildman–Crippen LogP) is 4.72. The molecule has 0 aromatic heterocycles. The summed E-state index contributed by atoms with van der Waals surface area (Å²) >= 11 is 6.27. The van der Waals surface area contributed by atoms with Crippen molar-refractivity contribution in [2.75, 3.05) is 14.2 Å². The predicted molar refractivity (Wildman–Crippen MR) is 100 cm³/mol. The number of hydrogen-bond donors (Lipinski definition) is 1. The van der Waals surface area contributed by atoms with Gasteiger partial charge in [-0.2, -0.15) is 0 Å². The summed E-state index contributed by atoms with van der Waals surface area (Å²) in [7, 11) is 2.59. The number of ether oxygens (including phenoxy) is 3. The Kier molecular flexibility index (Phi) is 6.03. The van der Waals surface area contributed by atoms with Gasteiger partial charge in [0.2, 0.25) is 0 Å². The number of benzene rings is 2. The van der Waals surface area contributed by atoms with Crippen LogP contribution in [0.5, 0.6) is 17.2 Å². The molecule has 0 aliphatic heterocycles. The first-order valence-corrected chi connectivity index (χ1v) is 8.46. The fourth-order valence-electron chi connectivity index (χ4n) is 2.45. The zero-order valence-electron chi connectivity index (χ0n) is 15.6. The van der Waals surface area contributed by atoms with Crippen LogP contribution in [-0.2, 0) is 16.8 Å². The zero-order chi connectivity index (χ0) is 19.5. The summed E-state index contributed by atoms with van der Waals surface area (Å²) in [6.07, 6.45) is 0. The fourth-order valence-corrected chi connectivity index (χ4v) is 2.72. The van der Waals surface area contributed by atoms with E-state index in [4.69, 9.17) is 21.1 Å². The molecule has 0 heterocycles. The minimum atomic E-state index is -0.687. The standard InChI is InChI=1S/C20H23ClO5/c1-20(2,3)13-6-8-14(9-7-13)26-11-12-10-15(19(23)25-5)17(22)18(24-4)16(12)21/h6-10,22H,11H2,1-5H3. The van der Waals surface area contributed by atoms with Gasteiger partial charge in [0.25, 0.3) is 0 Å². The van der Waals surface area contributed by atoms with E-state index < -0.39 is 5.97 Å². The molecule has 0 amide bonds. The lowest BCUT2D eigenvalue weighted by molar-refractivity contribution is 0.0596. The molecular formula is C20H23ClO5. The Hall–Kier alpha value is -2.40. The molecule has 0 radical (unpaired) electrons. The van der Waals surface area contributed by atoms with Crippen molar-refractivity contribution in [3.63, 3.8) is 0 Å². The summed E-state index contributed by atoms with van der Waals surface area (Å²) in [4.78, 5) is 11.8. The van der Waals surface area contributed by atoms with Gasteiger partial charge < -0.3 is 19.3 Å². The van der Waals surface area contributed by atoms with Gasteiger partial charge in [-0.1, -0.05) is 44.5 Å². The van der Waals surface area contributed by atoms with Crippen molar-refractivity contribution in [1.82, 2.24) is 0 Å². The molecule has 0 aliphatic rings. The third-order valence-electron chi connectivity index (χ3n) is 3.99. The molecule has 0 bridgehead atoms. The minimum Gasteiger partial charge on any atom is -0.504 e. The van der Waals surface area contributed by atoms with E-state index in [-0.39, 0.29) is 34.1 Å². The second-order valence-corrected chi connectivity index (χ2v) is 7.21. The number of methoxy groups -OCH3 is 2. The van der Waals surface area contributed by atoms with Crippen LogP contribution in [0.2, 0.25) is 5.02 Å². The fraction of sp³-hybridized carbons (Fsp3) is 0.350. The Balaban J connectivity index is 2.27. The van der Waals surface area contributed by atoms with Crippen LogP contribution in [-0.4, -0.2) is 25.3 Å². The number of esters is 1. The van der Waals surface area contributed by atoms with Gasteiger partial charge in [-0.05, 0) is 29.2 Å². The van der Waals surface area contributed by atoms with E-state index in [0.717, 1.165) is 0 Å². The van der Waals surface area contributed by atoms with Crippen LogP contribution in [0.25, 0.3) is 0 Å². The van der Waals surface area contributed by atoms with Crippen LogP contribution in [0, 0.1) is 0 Å². The number of aromatic hydroxyl groups is 1. The normalized spacial score (nSPS) is 11.2. The quantitative estimate of drug-likeness (QED) is 0.763. The number of rotatable bonds is 5. The lowest BCUT2D eigenvalue weighted by Crippen LogP contribution is -2.10. The number of halogens is 1. The first-order chi connectivity index (χ1) is 12.2. The molecule has 2 rings (SSSR count). The molecule has 0 saturated carbocycles. The first-order valence-electron chi connectivity index (χ1n) is 8.09. The molecule has 0 fully saturated rings. The van der Waals surface area contributed by atoms with Crippen molar-refractivity contribution < 1.29 is 24.1 Å². The van der Waals surface area contributed by atoms with Gasteiger partial charge in [0, 0.05) is 5.56 Å². The highest BCUT2D eigenvalue weighted by molar-refractivity contribution is 6.33. The van der Waals surface area contributed by atoms with Crippen molar-refractivity contribution in [3.8, 4) is 17.2 Å². The molecule has 140 valence electrons. The highest BCUT2D eigenvalue weighted by Gasteiger charge is 2.22. The smallest absolute Gasteiger partial charge is 0.341 e. The molecule has 0 aliphatic carbocycles. The Labute approximate surface area is 158 Å². The van der Waals surface area contributed by atoms with Crippen molar-refractivity contribution in [2.45, 2.75) is 32.8 Å². The van der Waals surface area contributed by atoms with E-state index in [9.17, 15) is 9.90 Å². The Bertz CT molecular complexity index is 791. The number of phenols is 1. The van der Waals surface area contributed by atoms with E-state index in [1.165, 1.54) is 25.8 Å². The van der Waals surface area contributed by atoms with Crippen molar-refractivity contribution in [1.29, 1.82) is 0 Å². The van der Waals surface area contributed by atoms with Crippen LogP contribution in [0.3, 0.4) is 0 Å². The molecule has 1 N–H and O–H groups in total. The maximum atomic E-state index is 11.8. The van der Waals surface area contributed by atoms with E-state index in [1.54, 1.807) is 0 Å². The van der Waals surface area contributed by atoms with Gasteiger partial charge >= 0.3 is 5.97 Å². The summed E-state index contributed by atoms with van der Waals surface area (Å²) in [5.41, 5.74) is 1.72. The highest BCUT2D eigenvalue weighted by atomic mass is 35.5. The first kappa shape index (κ1) is 19.9. The second kappa shape index (κ2) is 7.87. The Morgan fingerprint density at radius 1 is 1.15 bits per heavy atom. The number of hydrogen-bond acceptors (Lipinski definition) is 5. The Morgan fingerprint density at radius 2 is 1.77 bits per heavy atom. The highest BCUT2D eigenvalue weighted by Crippen LogP contribution is 2.40. The van der Waals surface area contributed by atoms with Crippen LogP contribution in [0.1, 0.15) is 42.3 Å². The van der Waals surface area contributed by atoms with Crippen LogP contribution >= 0.6 is 11.6 Å². The summed E-state index contributed by atoms with van der Waals surface area (Å²) in [5.74, 6) is -0.368. The molecule has 0 spiro atoms. The van der Waals surface area contributed by atoms with Crippen molar-refractivity contribution >= 4 is 17.6 Å². The van der Waals surface area contributed by atoms with E-state index >= 15 is 0 Å². The summed E-state index contributed by atoms with van der Waals surface area (Å²) in [6, 6.07) is 9.22. The molecule has 6 heteroatoms. The van der Waals surface area contributed by atoms with Gasteiger partial charge in [0.15, 0.2) is 11.5 Å². The summed E-state index contributed by atoms with van der Waals surface area (Å²) in [5, 5.41) is 10.3. The number of carbonyl (C=O) groups excluding carboxylic acids is 1. The van der Waals surface area contributed by atoms with E-state index in [0.29, 0.717) is 11.3 Å². The zero-order valence-corrected chi connectivity index (χ0v) is 16.3. The number of carbonyl (C=O) groups is 1. The molecule has 2 aromatic rings. The molecule has 0 saturated heterocycles. The molecule has 2 aromatic carbocycles. The van der Waals surface area contributed by atoms with Crippen LogP contribution in [0.4, 0.5) is 0 Å². The third-order valence-corrected chi connectivity index (χ3v) is 4.41. The lowest BCUT2D eigenvalue weighted by atomic mass is 9.87. The van der Waals surface area contributed by atoms with Crippen LogP contribution < -0.4 is 9.47 Å². The summed E-state index contributed by atoms with van der Waals surface area (Å²) < 4.78 is 15.6. The van der Waals surface area contributed by atoms with E-state index in [1.807, 2.05) is 24.3 Å². The average molecular weight is 379 g/mol. The minimum absolute atomic E-state index is 0.0104. The van der Waals surface area contributed by atoms with Crippen molar-refractivity contribution in [2.24, 2.45) is 0 Å². The maximum absolute atomic E-state index is 11.8. The topological polar surface area (TPSA) is 65.0 Å². The largest absolute Gasteiger partial charge is 0.504 e. The molecule has 0 unspecified atom stereocenters. The molecule has 5 nitrogen and oxygen atoms in total.